The van der Waals surface area contributed by atoms with Gasteiger partial charge < -0.3 is 9.97 Å². The summed E-state index contributed by atoms with van der Waals surface area (Å²) in [7, 11) is 0. The maximum Gasteiger partial charge on any atom is 0.323 e. The van der Waals surface area contributed by atoms with Crippen molar-refractivity contribution in [2.24, 2.45) is 0 Å². The van der Waals surface area contributed by atoms with Crippen molar-refractivity contribution in [1.29, 1.82) is 0 Å². The quantitative estimate of drug-likeness (QED) is 0.611. The Hall–Kier alpha value is -1.51. The lowest BCUT2D eigenvalue weighted by Crippen LogP contribution is -2.00. The molecule has 0 aliphatic heterocycles. The molecule has 0 spiro atoms. The smallest absolute Gasteiger partial charge is 0.310 e. The SMILES string of the molecule is C=C/C=C\c1[nH]c(=O)[nH]c1C. The van der Waals surface area contributed by atoms with E-state index in [1.165, 1.54) is 0 Å². The molecular formula is C8H10N2O. The molecule has 3 heteroatoms. The van der Waals surface area contributed by atoms with Gasteiger partial charge in [0.05, 0.1) is 5.69 Å². The van der Waals surface area contributed by atoms with E-state index in [-0.39, 0.29) is 5.69 Å². The fourth-order valence-electron chi connectivity index (χ4n) is 0.816. The van der Waals surface area contributed by atoms with Gasteiger partial charge in [-0.15, -0.1) is 0 Å². The maximum atomic E-state index is 10.7. The third kappa shape index (κ3) is 1.70. The van der Waals surface area contributed by atoms with E-state index in [1.54, 1.807) is 18.2 Å². The van der Waals surface area contributed by atoms with E-state index in [0.29, 0.717) is 0 Å². The molecule has 0 fully saturated rings. The molecule has 1 rings (SSSR count). The molecule has 0 bridgehead atoms. The summed E-state index contributed by atoms with van der Waals surface area (Å²) in [6.45, 7) is 5.36. The van der Waals surface area contributed by atoms with Crippen molar-refractivity contribution in [2.75, 3.05) is 0 Å². The lowest BCUT2D eigenvalue weighted by molar-refractivity contribution is 1.16. The summed E-state index contributed by atoms with van der Waals surface area (Å²) < 4.78 is 0. The van der Waals surface area contributed by atoms with Gasteiger partial charge in [0.1, 0.15) is 0 Å². The van der Waals surface area contributed by atoms with Gasteiger partial charge in [-0.25, -0.2) is 4.79 Å². The number of imidazole rings is 1. The van der Waals surface area contributed by atoms with Crippen LogP contribution in [0.1, 0.15) is 11.4 Å². The predicted octanol–water partition coefficient (Wildman–Crippen LogP) is 1.21. The van der Waals surface area contributed by atoms with E-state index < -0.39 is 0 Å². The second-order valence-electron chi connectivity index (χ2n) is 2.21. The summed E-state index contributed by atoms with van der Waals surface area (Å²) in [5, 5.41) is 0. The van der Waals surface area contributed by atoms with Gasteiger partial charge in [0.15, 0.2) is 0 Å². The zero-order valence-electron chi connectivity index (χ0n) is 6.35. The highest BCUT2D eigenvalue weighted by molar-refractivity contribution is 5.48. The first kappa shape index (κ1) is 7.60. The number of aryl methyl sites for hydroxylation is 1. The molecule has 0 amide bonds. The number of aromatic nitrogens is 2. The highest BCUT2D eigenvalue weighted by Gasteiger charge is 1.95. The second kappa shape index (κ2) is 3.05. The molecule has 0 radical (unpaired) electrons. The summed E-state index contributed by atoms with van der Waals surface area (Å²) in [5.41, 5.74) is 1.47. The molecule has 0 saturated heterocycles. The molecule has 1 aromatic heterocycles. The monoisotopic (exact) mass is 150 g/mol. The number of nitrogens with one attached hydrogen (secondary N) is 2. The first-order valence-electron chi connectivity index (χ1n) is 3.32. The lowest BCUT2D eigenvalue weighted by Gasteiger charge is -1.84. The zero-order chi connectivity index (χ0) is 8.27. The van der Waals surface area contributed by atoms with Gasteiger partial charge >= 0.3 is 5.69 Å². The zero-order valence-corrected chi connectivity index (χ0v) is 6.35. The van der Waals surface area contributed by atoms with Crippen molar-refractivity contribution in [3.8, 4) is 0 Å². The normalized spacial score (nSPS) is 10.6. The summed E-state index contributed by atoms with van der Waals surface area (Å²) in [6, 6.07) is 0. The number of rotatable bonds is 2. The van der Waals surface area contributed by atoms with Crippen molar-refractivity contribution in [3.05, 3.63) is 40.6 Å². The van der Waals surface area contributed by atoms with Crippen LogP contribution in [0.5, 0.6) is 0 Å². The molecule has 58 valence electrons. The third-order valence-corrected chi connectivity index (χ3v) is 1.35. The molecule has 1 aromatic rings. The summed E-state index contributed by atoms with van der Waals surface area (Å²) in [6.07, 6.45) is 5.22. The molecule has 3 nitrogen and oxygen atoms in total. The van der Waals surface area contributed by atoms with Gasteiger partial charge in [-0.05, 0) is 13.0 Å². The fraction of sp³-hybridized carbons (Fsp3) is 0.125. The maximum absolute atomic E-state index is 10.7. The molecule has 0 atom stereocenters. The lowest BCUT2D eigenvalue weighted by atomic mass is 10.3. The number of aromatic amines is 2. The van der Waals surface area contributed by atoms with E-state index in [9.17, 15) is 4.79 Å². The molecule has 0 aliphatic carbocycles. The Kier molecular flexibility index (Phi) is 2.11. The molecular weight excluding hydrogens is 140 g/mol. The van der Waals surface area contributed by atoms with Crippen LogP contribution in [0.3, 0.4) is 0 Å². The van der Waals surface area contributed by atoms with E-state index in [2.05, 4.69) is 16.5 Å². The molecule has 11 heavy (non-hydrogen) atoms. The van der Waals surface area contributed by atoms with Gasteiger partial charge in [-0.3, -0.25) is 0 Å². The van der Waals surface area contributed by atoms with Crippen molar-refractivity contribution < 1.29 is 0 Å². The Morgan fingerprint density at radius 2 is 2.18 bits per heavy atom. The highest BCUT2D eigenvalue weighted by atomic mass is 16.1. The number of hydrogen-bond donors (Lipinski definition) is 2. The minimum absolute atomic E-state index is 0.175. The van der Waals surface area contributed by atoms with Crippen molar-refractivity contribution in [2.45, 2.75) is 6.92 Å². The van der Waals surface area contributed by atoms with E-state index in [4.69, 9.17) is 0 Å². The molecule has 0 saturated carbocycles. The van der Waals surface area contributed by atoms with Crippen LogP contribution in [0, 0.1) is 6.92 Å². The topological polar surface area (TPSA) is 48.6 Å². The third-order valence-electron chi connectivity index (χ3n) is 1.35. The molecule has 2 N–H and O–H groups in total. The Morgan fingerprint density at radius 3 is 2.64 bits per heavy atom. The summed E-state index contributed by atoms with van der Waals surface area (Å²) in [4.78, 5) is 16.0. The van der Waals surface area contributed by atoms with Crippen LogP contribution in [-0.2, 0) is 0 Å². The summed E-state index contributed by atoms with van der Waals surface area (Å²) >= 11 is 0. The minimum atomic E-state index is -0.175. The predicted molar refractivity (Wildman–Crippen MR) is 45.4 cm³/mol. The van der Waals surface area contributed by atoms with Crippen LogP contribution in [0.4, 0.5) is 0 Å². The molecule has 1 heterocycles. The van der Waals surface area contributed by atoms with Crippen LogP contribution in [0.15, 0.2) is 23.5 Å². The minimum Gasteiger partial charge on any atom is -0.310 e. The standard InChI is InChI=1S/C8H10N2O/c1-3-4-5-7-6(2)9-8(11)10-7/h3-5H,1H2,2H3,(H2,9,10,11)/b5-4-. The number of hydrogen-bond acceptors (Lipinski definition) is 1. The largest absolute Gasteiger partial charge is 0.323 e. The van der Waals surface area contributed by atoms with Gasteiger partial charge in [-0.2, -0.15) is 0 Å². The summed E-state index contributed by atoms with van der Waals surface area (Å²) in [5.74, 6) is 0. The molecule has 0 aromatic carbocycles. The van der Waals surface area contributed by atoms with Crippen molar-refractivity contribution in [3.63, 3.8) is 0 Å². The molecule has 0 aliphatic rings. The highest BCUT2D eigenvalue weighted by Crippen LogP contribution is 1.99. The van der Waals surface area contributed by atoms with E-state index in [1.807, 2.05) is 6.92 Å². The second-order valence-corrected chi connectivity index (χ2v) is 2.21. The van der Waals surface area contributed by atoms with Crippen LogP contribution in [-0.4, -0.2) is 9.97 Å². The Labute approximate surface area is 64.5 Å². The number of allylic oxidation sites excluding steroid dienone is 2. The fourth-order valence-corrected chi connectivity index (χ4v) is 0.816. The van der Waals surface area contributed by atoms with Crippen molar-refractivity contribution in [1.82, 2.24) is 9.97 Å². The van der Waals surface area contributed by atoms with E-state index >= 15 is 0 Å². The van der Waals surface area contributed by atoms with E-state index in [0.717, 1.165) is 11.4 Å². The van der Waals surface area contributed by atoms with Crippen LogP contribution in [0.25, 0.3) is 6.08 Å². The average Bonchev–Trinajstić information content (AvgIpc) is 2.26. The van der Waals surface area contributed by atoms with Gasteiger partial charge in [0.2, 0.25) is 0 Å². The first-order chi connectivity index (χ1) is 5.24. The first-order valence-corrected chi connectivity index (χ1v) is 3.32. The Bertz CT molecular complexity index is 330. The average molecular weight is 150 g/mol. The van der Waals surface area contributed by atoms with Crippen molar-refractivity contribution >= 4 is 6.08 Å². The Morgan fingerprint density at radius 1 is 1.45 bits per heavy atom. The van der Waals surface area contributed by atoms with Gasteiger partial charge in [0, 0.05) is 5.69 Å². The van der Waals surface area contributed by atoms with Crippen LogP contribution < -0.4 is 5.69 Å². The van der Waals surface area contributed by atoms with Crippen LogP contribution in [0.2, 0.25) is 0 Å². The van der Waals surface area contributed by atoms with Gasteiger partial charge in [0.25, 0.3) is 0 Å². The van der Waals surface area contributed by atoms with Gasteiger partial charge in [-0.1, -0.05) is 18.7 Å². The number of H-pyrrole nitrogens is 2. The Balaban J connectivity index is 3.03. The van der Waals surface area contributed by atoms with Crippen LogP contribution >= 0.6 is 0 Å². The molecule has 0 unspecified atom stereocenters.